The average Bonchev–Trinajstić information content (AvgIpc) is 2.52. The number of unbranched alkanes of at least 4 members (excludes halogenated alkanes) is 2. The van der Waals surface area contributed by atoms with Crippen molar-refractivity contribution >= 4 is 29.2 Å². The number of anilines is 1. The van der Waals surface area contributed by atoms with Crippen molar-refractivity contribution in [3.05, 3.63) is 23.2 Å². The number of carbonyl (C=O) groups excluding carboxylic acids is 2. The molecule has 1 rings (SSSR count). The topological polar surface area (TPSA) is 64.6 Å². The van der Waals surface area contributed by atoms with E-state index in [-0.39, 0.29) is 24.7 Å². The summed E-state index contributed by atoms with van der Waals surface area (Å²) in [6, 6.07) is 5.00. The van der Waals surface area contributed by atoms with Crippen molar-refractivity contribution in [1.29, 1.82) is 0 Å². The van der Waals surface area contributed by atoms with Crippen molar-refractivity contribution in [3.63, 3.8) is 0 Å². The zero-order chi connectivity index (χ0) is 17.1. The van der Waals surface area contributed by atoms with E-state index in [1.54, 1.807) is 18.2 Å². The van der Waals surface area contributed by atoms with Gasteiger partial charge in [0.1, 0.15) is 5.75 Å². The first-order valence-corrected chi connectivity index (χ1v) is 8.23. The lowest BCUT2D eigenvalue weighted by Crippen LogP contribution is -2.13. The lowest BCUT2D eigenvalue weighted by molar-refractivity contribution is -0.143. The Balaban J connectivity index is 2.29. The fourth-order valence-corrected chi connectivity index (χ4v) is 2.17. The number of hydrogen-bond donors (Lipinski definition) is 1. The van der Waals surface area contributed by atoms with Crippen LogP contribution in [0.1, 0.15) is 45.4 Å². The maximum atomic E-state index is 11.9. The molecule has 1 aromatic carbocycles. The van der Waals surface area contributed by atoms with Crippen LogP contribution in [0.25, 0.3) is 0 Å². The number of benzene rings is 1. The molecule has 0 unspecified atom stereocenters. The highest BCUT2D eigenvalue weighted by molar-refractivity contribution is 6.31. The van der Waals surface area contributed by atoms with Crippen LogP contribution in [0.4, 0.5) is 5.69 Å². The van der Waals surface area contributed by atoms with Crippen molar-refractivity contribution < 1.29 is 19.1 Å². The first-order valence-electron chi connectivity index (χ1n) is 7.85. The van der Waals surface area contributed by atoms with Gasteiger partial charge in [-0.2, -0.15) is 0 Å². The van der Waals surface area contributed by atoms with Gasteiger partial charge in [0, 0.05) is 17.9 Å². The summed E-state index contributed by atoms with van der Waals surface area (Å²) in [5, 5.41) is 3.25. The Hall–Kier alpha value is -1.75. The zero-order valence-corrected chi connectivity index (χ0v) is 14.4. The van der Waals surface area contributed by atoms with E-state index >= 15 is 0 Å². The molecule has 23 heavy (non-hydrogen) atoms. The van der Waals surface area contributed by atoms with E-state index < -0.39 is 0 Å². The van der Waals surface area contributed by atoms with E-state index in [2.05, 4.69) is 12.2 Å². The molecule has 1 N–H and O–H groups in total. The van der Waals surface area contributed by atoms with Gasteiger partial charge in [-0.3, -0.25) is 9.59 Å². The molecule has 0 atom stereocenters. The van der Waals surface area contributed by atoms with Crippen molar-refractivity contribution in [1.82, 2.24) is 0 Å². The van der Waals surface area contributed by atoms with Crippen LogP contribution in [-0.4, -0.2) is 25.6 Å². The van der Waals surface area contributed by atoms with Crippen molar-refractivity contribution in [2.45, 2.75) is 45.4 Å². The Bertz CT molecular complexity index is 519. The van der Waals surface area contributed by atoms with Crippen LogP contribution < -0.4 is 10.1 Å². The lowest BCUT2D eigenvalue weighted by atomic mass is 10.2. The molecule has 0 spiro atoms. The smallest absolute Gasteiger partial charge is 0.305 e. The summed E-state index contributed by atoms with van der Waals surface area (Å²) in [6.45, 7) is 2.55. The summed E-state index contributed by atoms with van der Waals surface area (Å²) in [5.74, 6) is 0.0941. The molecule has 1 amide bonds. The molecule has 0 aliphatic heterocycles. The number of rotatable bonds is 10. The van der Waals surface area contributed by atoms with Gasteiger partial charge < -0.3 is 14.8 Å². The van der Waals surface area contributed by atoms with Crippen LogP contribution in [0.15, 0.2) is 18.2 Å². The quantitative estimate of drug-likeness (QED) is 0.512. The van der Waals surface area contributed by atoms with E-state index in [4.69, 9.17) is 21.1 Å². The number of nitrogens with one attached hydrogen (secondary N) is 1. The number of methoxy groups -OCH3 is 1. The Morgan fingerprint density at radius 2 is 1.96 bits per heavy atom. The SMILES string of the molecule is CCCCCOC(=O)CCCC(=O)Nc1cc(Cl)ccc1OC. The Labute approximate surface area is 142 Å². The number of carbonyl (C=O) groups is 2. The van der Waals surface area contributed by atoms with Crippen LogP contribution in [0, 0.1) is 0 Å². The maximum Gasteiger partial charge on any atom is 0.305 e. The second-order valence-corrected chi connectivity index (χ2v) is 5.61. The highest BCUT2D eigenvalue weighted by atomic mass is 35.5. The standard InChI is InChI=1S/C17H24ClNO4/c1-3-4-5-11-23-17(21)8-6-7-16(20)19-14-12-13(18)9-10-15(14)22-2/h9-10,12H,3-8,11H2,1-2H3,(H,19,20). The largest absolute Gasteiger partial charge is 0.495 e. The number of esters is 1. The van der Waals surface area contributed by atoms with E-state index in [0.717, 1.165) is 19.3 Å². The molecule has 6 heteroatoms. The Morgan fingerprint density at radius 3 is 2.65 bits per heavy atom. The Morgan fingerprint density at radius 1 is 1.17 bits per heavy atom. The minimum Gasteiger partial charge on any atom is -0.495 e. The number of hydrogen-bond acceptors (Lipinski definition) is 4. The molecule has 0 heterocycles. The first kappa shape index (κ1) is 19.3. The molecular weight excluding hydrogens is 318 g/mol. The Kier molecular flexibility index (Phi) is 9.14. The van der Waals surface area contributed by atoms with Gasteiger partial charge >= 0.3 is 5.97 Å². The minimum absolute atomic E-state index is 0.190. The average molecular weight is 342 g/mol. The van der Waals surface area contributed by atoms with Crippen LogP contribution in [0.3, 0.4) is 0 Å². The predicted octanol–water partition coefficient (Wildman–Crippen LogP) is 4.19. The van der Waals surface area contributed by atoms with Crippen LogP contribution in [0.5, 0.6) is 5.75 Å². The van der Waals surface area contributed by atoms with E-state index in [0.29, 0.717) is 29.5 Å². The molecule has 1 aromatic rings. The van der Waals surface area contributed by atoms with Crippen LogP contribution >= 0.6 is 11.6 Å². The molecule has 0 bridgehead atoms. The molecule has 5 nitrogen and oxygen atoms in total. The van der Waals surface area contributed by atoms with Gasteiger partial charge in [-0.15, -0.1) is 0 Å². The molecule has 0 aliphatic rings. The lowest BCUT2D eigenvalue weighted by Gasteiger charge is -2.10. The van der Waals surface area contributed by atoms with Crippen LogP contribution in [0.2, 0.25) is 5.02 Å². The zero-order valence-electron chi connectivity index (χ0n) is 13.7. The highest BCUT2D eigenvalue weighted by Gasteiger charge is 2.10. The molecule has 0 aromatic heterocycles. The highest BCUT2D eigenvalue weighted by Crippen LogP contribution is 2.27. The normalized spacial score (nSPS) is 10.2. The van der Waals surface area contributed by atoms with Gasteiger partial charge in [-0.05, 0) is 31.0 Å². The fourth-order valence-electron chi connectivity index (χ4n) is 1.99. The van der Waals surface area contributed by atoms with Crippen LogP contribution in [-0.2, 0) is 14.3 Å². The summed E-state index contributed by atoms with van der Waals surface area (Å²) >= 11 is 5.91. The van der Waals surface area contributed by atoms with Gasteiger partial charge in [0.25, 0.3) is 0 Å². The summed E-state index contributed by atoms with van der Waals surface area (Å²) in [7, 11) is 1.52. The summed E-state index contributed by atoms with van der Waals surface area (Å²) in [5.41, 5.74) is 0.521. The minimum atomic E-state index is -0.255. The molecule has 0 radical (unpaired) electrons. The fraction of sp³-hybridized carbons (Fsp3) is 0.529. The van der Waals surface area contributed by atoms with E-state index in [1.165, 1.54) is 7.11 Å². The van der Waals surface area contributed by atoms with E-state index in [1.807, 2.05) is 0 Å². The van der Waals surface area contributed by atoms with E-state index in [9.17, 15) is 9.59 Å². The number of halogens is 1. The van der Waals surface area contributed by atoms with Gasteiger partial charge in [0.05, 0.1) is 19.4 Å². The van der Waals surface area contributed by atoms with Gasteiger partial charge in [0.2, 0.25) is 5.91 Å². The first-order chi connectivity index (χ1) is 11.1. The monoisotopic (exact) mass is 341 g/mol. The molecule has 0 aliphatic carbocycles. The van der Waals surface area contributed by atoms with Gasteiger partial charge in [0.15, 0.2) is 0 Å². The molecule has 128 valence electrons. The third-order valence-electron chi connectivity index (χ3n) is 3.23. The van der Waals surface area contributed by atoms with Gasteiger partial charge in [-0.1, -0.05) is 31.4 Å². The third kappa shape index (κ3) is 7.88. The van der Waals surface area contributed by atoms with Crippen molar-refractivity contribution in [3.8, 4) is 5.75 Å². The maximum absolute atomic E-state index is 11.9. The summed E-state index contributed by atoms with van der Waals surface area (Å²) in [4.78, 5) is 23.4. The number of amides is 1. The summed E-state index contributed by atoms with van der Waals surface area (Å²) in [6.07, 6.45) is 3.95. The molecule has 0 saturated carbocycles. The molecular formula is C17H24ClNO4. The second kappa shape index (κ2) is 10.9. The van der Waals surface area contributed by atoms with Crippen molar-refractivity contribution in [2.24, 2.45) is 0 Å². The molecule has 0 saturated heterocycles. The molecule has 0 fully saturated rings. The van der Waals surface area contributed by atoms with Gasteiger partial charge in [-0.25, -0.2) is 0 Å². The van der Waals surface area contributed by atoms with Crippen molar-refractivity contribution in [2.75, 3.05) is 19.0 Å². The third-order valence-corrected chi connectivity index (χ3v) is 3.47. The predicted molar refractivity (Wildman–Crippen MR) is 91.0 cm³/mol. The summed E-state index contributed by atoms with van der Waals surface area (Å²) < 4.78 is 10.2. The second-order valence-electron chi connectivity index (χ2n) is 5.17. The number of ether oxygens (including phenoxy) is 2.